The van der Waals surface area contributed by atoms with Crippen LogP contribution in [0.25, 0.3) is 6.08 Å². The fourth-order valence-corrected chi connectivity index (χ4v) is 1.97. The van der Waals surface area contributed by atoms with Crippen molar-refractivity contribution >= 4 is 28.0 Å². The van der Waals surface area contributed by atoms with Gasteiger partial charge in [0.05, 0.1) is 0 Å². The van der Waals surface area contributed by atoms with E-state index in [9.17, 15) is 4.79 Å². The second-order valence-electron chi connectivity index (χ2n) is 4.22. The minimum Gasteiger partial charge on any atom is -0.455 e. The zero-order valence-electron chi connectivity index (χ0n) is 9.29. The van der Waals surface area contributed by atoms with E-state index in [0.717, 1.165) is 16.5 Å². The molecule has 1 atom stereocenters. The summed E-state index contributed by atoms with van der Waals surface area (Å²) in [6, 6.07) is 8.06. The number of hydrogen-bond acceptors (Lipinski definition) is 2. The summed E-state index contributed by atoms with van der Waals surface area (Å²) >= 11 is 3.39. The van der Waals surface area contributed by atoms with Gasteiger partial charge in [-0.2, -0.15) is 0 Å². The van der Waals surface area contributed by atoms with E-state index in [0.29, 0.717) is 0 Å². The van der Waals surface area contributed by atoms with Gasteiger partial charge in [0, 0.05) is 17.8 Å². The van der Waals surface area contributed by atoms with Crippen LogP contribution in [-0.2, 0) is 9.53 Å². The van der Waals surface area contributed by atoms with Crippen LogP contribution in [0.2, 0.25) is 0 Å². The molecule has 0 N–H and O–H groups in total. The number of ether oxygens (including phenoxy) is 1. The highest BCUT2D eigenvalue weighted by Crippen LogP contribution is 2.47. The Morgan fingerprint density at radius 3 is 2.62 bits per heavy atom. The number of halogens is 1. The quantitative estimate of drug-likeness (QED) is 0.775. The van der Waals surface area contributed by atoms with Gasteiger partial charge in [-0.25, -0.2) is 0 Å². The minimum atomic E-state index is -0.362. The first-order valence-electron chi connectivity index (χ1n) is 5.16. The predicted molar refractivity (Wildman–Crippen MR) is 66.9 cm³/mol. The van der Waals surface area contributed by atoms with E-state index >= 15 is 0 Å². The molecule has 1 fully saturated rings. The molecule has 2 nitrogen and oxygen atoms in total. The summed E-state index contributed by atoms with van der Waals surface area (Å²) in [5.74, 6) is -0.221. The maximum Gasteiger partial charge on any atom is 0.303 e. The van der Waals surface area contributed by atoms with Crippen LogP contribution in [0, 0.1) is 0 Å². The standard InChI is InChI=1S/C13H13BrO2/c1-9(15)16-13(2)8-11(13)7-10-3-5-12(14)6-4-10/h3-7H,8H2,1-2H3/b11-7+/t13-/m0/s1. The van der Waals surface area contributed by atoms with Crippen LogP contribution in [0.1, 0.15) is 25.8 Å². The SMILES string of the molecule is CC(=O)O[C@@]1(C)C/C1=C\c1ccc(Br)cc1. The molecule has 0 aromatic heterocycles. The Balaban J connectivity index is 2.11. The molecular formula is C13H13BrO2. The van der Waals surface area contributed by atoms with Gasteiger partial charge in [-0.05, 0) is 30.2 Å². The summed E-state index contributed by atoms with van der Waals surface area (Å²) in [6.45, 7) is 3.39. The summed E-state index contributed by atoms with van der Waals surface area (Å²) in [6.07, 6.45) is 2.91. The van der Waals surface area contributed by atoms with Gasteiger partial charge in [-0.3, -0.25) is 4.79 Å². The average molecular weight is 281 g/mol. The van der Waals surface area contributed by atoms with Crippen molar-refractivity contribution in [1.82, 2.24) is 0 Å². The molecule has 0 spiro atoms. The van der Waals surface area contributed by atoms with Crippen molar-refractivity contribution in [2.45, 2.75) is 25.9 Å². The lowest BCUT2D eigenvalue weighted by atomic mass is 10.2. The van der Waals surface area contributed by atoms with E-state index in [-0.39, 0.29) is 11.6 Å². The summed E-state index contributed by atoms with van der Waals surface area (Å²) in [7, 11) is 0. The summed E-state index contributed by atoms with van der Waals surface area (Å²) in [4.78, 5) is 10.9. The molecule has 1 aliphatic carbocycles. The molecule has 0 saturated heterocycles. The number of carbonyl (C=O) groups is 1. The van der Waals surface area contributed by atoms with Crippen molar-refractivity contribution < 1.29 is 9.53 Å². The zero-order valence-corrected chi connectivity index (χ0v) is 10.9. The number of benzene rings is 1. The van der Waals surface area contributed by atoms with Gasteiger partial charge in [-0.15, -0.1) is 0 Å². The Bertz CT molecular complexity index is 448. The van der Waals surface area contributed by atoms with E-state index in [2.05, 4.69) is 22.0 Å². The van der Waals surface area contributed by atoms with E-state index in [1.165, 1.54) is 12.5 Å². The van der Waals surface area contributed by atoms with Gasteiger partial charge in [-0.1, -0.05) is 34.1 Å². The van der Waals surface area contributed by atoms with E-state index in [4.69, 9.17) is 4.74 Å². The third-order valence-corrected chi connectivity index (χ3v) is 3.19. The highest BCUT2D eigenvalue weighted by molar-refractivity contribution is 9.10. The Morgan fingerprint density at radius 1 is 1.44 bits per heavy atom. The topological polar surface area (TPSA) is 26.3 Å². The molecule has 0 unspecified atom stereocenters. The van der Waals surface area contributed by atoms with E-state index in [1.54, 1.807) is 0 Å². The van der Waals surface area contributed by atoms with Gasteiger partial charge in [0.1, 0.15) is 5.60 Å². The fourth-order valence-electron chi connectivity index (χ4n) is 1.70. The molecule has 1 aromatic carbocycles. The molecule has 0 heterocycles. The molecule has 3 heteroatoms. The first-order valence-corrected chi connectivity index (χ1v) is 5.95. The highest BCUT2D eigenvalue weighted by Gasteiger charge is 2.47. The average Bonchev–Trinajstić information content (AvgIpc) is 2.79. The van der Waals surface area contributed by atoms with Crippen LogP contribution in [0.3, 0.4) is 0 Å². The van der Waals surface area contributed by atoms with Gasteiger partial charge in [0.15, 0.2) is 0 Å². The number of hydrogen-bond donors (Lipinski definition) is 0. The van der Waals surface area contributed by atoms with Crippen LogP contribution >= 0.6 is 15.9 Å². The summed E-state index contributed by atoms with van der Waals surface area (Å²) < 4.78 is 6.30. The molecule has 1 aromatic rings. The minimum absolute atomic E-state index is 0.221. The smallest absolute Gasteiger partial charge is 0.303 e. The zero-order chi connectivity index (χ0) is 11.8. The molecule has 2 rings (SSSR count). The second-order valence-corrected chi connectivity index (χ2v) is 5.14. The van der Waals surface area contributed by atoms with Gasteiger partial charge >= 0.3 is 5.97 Å². The summed E-state index contributed by atoms with van der Waals surface area (Å²) in [5.41, 5.74) is 1.94. The van der Waals surface area contributed by atoms with Gasteiger partial charge < -0.3 is 4.74 Å². The summed E-state index contributed by atoms with van der Waals surface area (Å²) in [5, 5.41) is 0. The van der Waals surface area contributed by atoms with Crippen LogP contribution < -0.4 is 0 Å². The van der Waals surface area contributed by atoms with Crippen molar-refractivity contribution in [1.29, 1.82) is 0 Å². The van der Waals surface area contributed by atoms with Gasteiger partial charge in [0.25, 0.3) is 0 Å². The molecule has 0 aliphatic heterocycles. The Morgan fingerprint density at radius 2 is 2.06 bits per heavy atom. The lowest BCUT2D eigenvalue weighted by Gasteiger charge is -2.07. The third kappa shape index (κ3) is 2.53. The number of rotatable bonds is 2. The van der Waals surface area contributed by atoms with Crippen LogP contribution in [0.15, 0.2) is 34.3 Å². The first-order chi connectivity index (χ1) is 7.49. The third-order valence-electron chi connectivity index (χ3n) is 2.66. The van der Waals surface area contributed by atoms with Crippen molar-refractivity contribution in [2.24, 2.45) is 0 Å². The molecule has 0 bridgehead atoms. The van der Waals surface area contributed by atoms with Gasteiger partial charge in [0.2, 0.25) is 0 Å². The molecule has 1 saturated carbocycles. The Kier molecular flexibility index (Phi) is 2.89. The first kappa shape index (κ1) is 11.4. The molecule has 0 radical (unpaired) electrons. The van der Waals surface area contributed by atoms with E-state index in [1.807, 2.05) is 31.2 Å². The monoisotopic (exact) mass is 280 g/mol. The predicted octanol–water partition coefficient (Wildman–Crippen LogP) is 3.56. The lowest BCUT2D eigenvalue weighted by molar-refractivity contribution is -0.146. The molecule has 84 valence electrons. The molecular weight excluding hydrogens is 268 g/mol. The fraction of sp³-hybridized carbons (Fsp3) is 0.308. The number of carbonyl (C=O) groups excluding carboxylic acids is 1. The number of esters is 1. The van der Waals surface area contributed by atoms with Crippen molar-refractivity contribution in [3.63, 3.8) is 0 Å². The second kappa shape index (κ2) is 4.06. The molecule has 16 heavy (non-hydrogen) atoms. The van der Waals surface area contributed by atoms with Crippen LogP contribution in [0.4, 0.5) is 0 Å². The Labute approximate surface area is 103 Å². The lowest BCUT2D eigenvalue weighted by Crippen LogP contribution is -2.13. The van der Waals surface area contributed by atoms with Crippen LogP contribution in [0.5, 0.6) is 0 Å². The Hall–Kier alpha value is -1.09. The normalized spacial score (nSPS) is 25.6. The molecule has 1 aliphatic rings. The van der Waals surface area contributed by atoms with Crippen molar-refractivity contribution in [3.05, 3.63) is 39.9 Å². The van der Waals surface area contributed by atoms with E-state index < -0.39 is 0 Å². The van der Waals surface area contributed by atoms with Crippen molar-refractivity contribution in [2.75, 3.05) is 0 Å². The van der Waals surface area contributed by atoms with Crippen LogP contribution in [-0.4, -0.2) is 11.6 Å². The van der Waals surface area contributed by atoms with Crippen molar-refractivity contribution in [3.8, 4) is 0 Å². The highest BCUT2D eigenvalue weighted by atomic mass is 79.9. The maximum absolute atomic E-state index is 10.9. The molecule has 0 amide bonds. The largest absolute Gasteiger partial charge is 0.455 e. The maximum atomic E-state index is 10.9.